The molecule has 2 rings (SSSR count). The van der Waals surface area contributed by atoms with Gasteiger partial charge < -0.3 is 11.1 Å². The van der Waals surface area contributed by atoms with Gasteiger partial charge in [0, 0.05) is 12.3 Å². The van der Waals surface area contributed by atoms with Crippen LogP contribution in [0.3, 0.4) is 0 Å². The number of nitrogens with zero attached hydrogens (tertiary/aromatic N) is 3. The fourth-order valence-electron chi connectivity index (χ4n) is 1.65. The van der Waals surface area contributed by atoms with Crippen molar-refractivity contribution in [3.63, 3.8) is 0 Å². The largest absolute Gasteiger partial charge is 0.396 e. The van der Waals surface area contributed by atoms with E-state index in [1.807, 2.05) is 0 Å². The van der Waals surface area contributed by atoms with Gasteiger partial charge in [-0.3, -0.25) is 14.3 Å². The lowest BCUT2D eigenvalue weighted by molar-refractivity contribution is -0.116. The maximum Gasteiger partial charge on any atom is 0.247 e. The van der Waals surface area contributed by atoms with Crippen LogP contribution >= 0.6 is 11.3 Å². The van der Waals surface area contributed by atoms with Crippen LogP contribution in [0.25, 0.3) is 0 Å². The number of aryl methyl sites for hydroxylation is 1. The molecule has 2 aromatic rings. The van der Waals surface area contributed by atoms with Crippen LogP contribution in [-0.2, 0) is 11.3 Å². The molecule has 0 fully saturated rings. The molecule has 0 atom stereocenters. The number of carbonyl (C=O) groups excluding carboxylic acids is 2. The predicted octanol–water partition coefficient (Wildman–Crippen LogP) is 1.38. The molecule has 7 nitrogen and oxygen atoms in total. The van der Waals surface area contributed by atoms with E-state index in [0.29, 0.717) is 22.2 Å². The Bertz CT molecular complexity index is 673. The minimum absolute atomic E-state index is 0.0544. The summed E-state index contributed by atoms with van der Waals surface area (Å²) in [6.07, 6.45) is 0. The molecule has 0 aliphatic carbocycles. The third-order valence-corrected chi connectivity index (χ3v) is 3.60. The first-order valence-corrected chi connectivity index (χ1v) is 6.82. The molecule has 8 heteroatoms. The number of nitrogens with one attached hydrogen (secondary N) is 1. The van der Waals surface area contributed by atoms with Crippen molar-refractivity contribution in [3.8, 4) is 0 Å². The minimum Gasteiger partial charge on any atom is -0.396 e. The summed E-state index contributed by atoms with van der Waals surface area (Å²) < 4.78 is 1.54. The molecule has 0 saturated heterocycles. The number of hydrogen-bond acceptors (Lipinski definition) is 6. The number of nitrogens with two attached hydrogens (primary N) is 1. The molecule has 0 aliphatic rings. The van der Waals surface area contributed by atoms with Crippen LogP contribution in [0, 0.1) is 13.8 Å². The highest BCUT2D eigenvalue weighted by molar-refractivity contribution is 7.14. The van der Waals surface area contributed by atoms with E-state index in [9.17, 15) is 9.59 Å². The summed E-state index contributed by atoms with van der Waals surface area (Å²) >= 11 is 1.21. The topological polar surface area (TPSA) is 103 Å². The molecule has 0 aliphatic heterocycles. The van der Waals surface area contributed by atoms with Gasteiger partial charge in [0.25, 0.3) is 0 Å². The zero-order chi connectivity index (χ0) is 14.9. The summed E-state index contributed by atoms with van der Waals surface area (Å²) in [4.78, 5) is 27.0. The first-order chi connectivity index (χ1) is 9.38. The second-order valence-electron chi connectivity index (χ2n) is 4.38. The molecule has 0 radical (unpaired) electrons. The van der Waals surface area contributed by atoms with Gasteiger partial charge in [-0.2, -0.15) is 5.10 Å². The second-order valence-corrected chi connectivity index (χ2v) is 5.24. The molecule has 106 valence electrons. The van der Waals surface area contributed by atoms with E-state index in [4.69, 9.17) is 5.73 Å². The Hall–Kier alpha value is -2.22. The van der Waals surface area contributed by atoms with Crippen molar-refractivity contribution >= 4 is 33.8 Å². The van der Waals surface area contributed by atoms with Crippen molar-refractivity contribution in [2.24, 2.45) is 0 Å². The van der Waals surface area contributed by atoms with E-state index < -0.39 is 0 Å². The van der Waals surface area contributed by atoms with Gasteiger partial charge in [0.2, 0.25) is 5.91 Å². The van der Waals surface area contributed by atoms with Gasteiger partial charge in [0.1, 0.15) is 12.2 Å². The van der Waals surface area contributed by atoms with Crippen LogP contribution in [0.5, 0.6) is 0 Å². The van der Waals surface area contributed by atoms with Crippen LogP contribution in [0.2, 0.25) is 0 Å². The summed E-state index contributed by atoms with van der Waals surface area (Å²) in [6, 6.07) is 0. The number of Topliss-reactive ketones (excluding diaryl/α,β-unsaturated/α-hetero) is 1. The highest BCUT2D eigenvalue weighted by Gasteiger charge is 2.13. The average molecular weight is 293 g/mol. The van der Waals surface area contributed by atoms with E-state index in [2.05, 4.69) is 15.4 Å². The number of aromatic nitrogens is 3. The standard InChI is InChI=1S/C12H15N5O2S/c1-6-11(13)7(2)17(16-6)4-10(19)15-12-14-9(5-20-12)8(3)18/h5H,4,13H2,1-3H3,(H,14,15,19). The van der Waals surface area contributed by atoms with Gasteiger partial charge in [-0.25, -0.2) is 4.98 Å². The van der Waals surface area contributed by atoms with Crippen molar-refractivity contribution in [1.82, 2.24) is 14.8 Å². The van der Waals surface area contributed by atoms with Crippen molar-refractivity contribution in [2.75, 3.05) is 11.1 Å². The lowest BCUT2D eigenvalue weighted by Crippen LogP contribution is -2.20. The molecule has 3 N–H and O–H groups in total. The molecule has 20 heavy (non-hydrogen) atoms. The summed E-state index contributed by atoms with van der Waals surface area (Å²) in [5, 5.41) is 8.83. The highest BCUT2D eigenvalue weighted by Crippen LogP contribution is 2.17. The Balaban J connectivity index is 2.05. The third-order valence-electron chi connectivity index (χ3n) is 2.84. The molecule has 0 saturated carbocycles. The highest BCUT2D eigenvalue weighted by atomic mass is 32.1. The van der Waals surface area contributed by atoms with Crippen molar-refractivity contribution in [3.05, 3.63) is 22.5 Å². The Kier molecular flexibility index (Phi) is 3.84. The molecular formula is C12H15N5O2S. The SMILES string of the molecule is CC(=O)c1csc(NC(=O)Cn2nc(C)c(N)c2C)n1. The first kappa shape index (κ1) is 14.2. The monoisotopic (exact) mass is 293 g/mol. The maximum absolute atomic E-state index is 11.9. The Morgan fingerprint density at radius 1 is 1.45 bits per heavy atom. The van der Waals surface area contributed by atoms with E-state index in [1.165, 1.54) is 18.3 Å². The summed E-state index contributed by atoms with van der Waals surface area (Å²) in [5.74, 6) is -0.395. The maximum atomic E-state index is 11.9. The van der Waals surface area contributed by atoms with Gasteiger partial charge in [-0.05, 0) is 13.8 Å². The summed E-state index contributed by atoms with van der Waals surface area (Å²) in [7, 11) is 0. The first-order valence-electron chi connectivity index (χ1n) is 5.94. The molecule has 1 amide bonds. The minimum atomic E-state index is -0.264. The zero-order valence-corrected chi connectivity index (χ0v) is 12.2. The van der Waals surface area contributed by atoms with Gasteiger partial charge in [-0.15, -0.1) is 11.3 Å². The molecular weight excluding hydrogens is 278 g/mol. The summed E-state index contributed by atoms with van der Waals surface area (Å²) in [5.41, 5.74) is 8.19. The van der Waals surface area contributed by atoms with Crippen molar-refractivity contribution < 1.29 is 9.59 Å². The second kappa shape index (κ2) is 5.41. The van der Waals surface area contributed by atoms with E-state index in [1.54, 1.807) is 23.9 Å². The molecule has 0 unspecified atom stereocenters. The third kappa shape index (κ3) is 2.85. The zero-order valence-electron chi connectivity index (χ0n) is 11.4. The van der Waals surface area contributed by atoms with Gasteiger partial charge in [0.15, 0.2) is 10.9 Å². The van der Waals surface area contributed by atoms with E-state index in [0.717, 1.165) is 5.69 Å². The van der Waals surface area contributed by atoms with Crippen molar-refractivity contribution in [2.45, 2.75) is 27.3 Å². The fraction of sp³-hybridized carbons (Fsp3) is 0.333. The van der Waals surface area contributed by atoms with Gasteiger partial charge >= 0.3 is 0 Å². The van der Waals surface area contributed by atoms with Crippen LogP contribution in [0.4, 0.5) is 10.8 Å². The Labute approximate surface area is 119 Å². The summed E-state index contributed by atoms with van der Waals surface area (Å²) in [6.45, 7) is 5.08. The quantitative estimate of drug-likeness (QED) is 0.829. The smallest absolute Gasteiger partial charge is 0.247 e. The number of hydrogen-bond donors (Lipinski definition) is 2. The van der Waals surface area contributed by atoms with Crippen LogP contribution in [0.1, 0.15) is 28.8 Å². The average Bonchev–Trinajstić information content (AvgIpc) is 2.92. The number of anilines is 2. The molecule has 2 aromatic heterocycles. The van der Waals surface area contributed by atoms with Crippen LogP contribution in [0.15, 0.2) is 5.38 Å². The number of amides is 1. The lowest BCUT2D eigenvalue weighted by atomic mass is 10.3. The lowest BCUT2D eigenvalue weighted by Gasteiger charge is -2.04. The van der Waals surface area contributed by atoms with E-state index in [-0.39, 0.29) is 18.2 Å². The molecule has 0 aromatic carbocycles. The van der Waals surface area contributed by atoms with E-state index >= 15 is 0 Å². The number of nitrogen functional groups attached to an aromatic ring is 1. The number of ketones is 1. The van der Waals surface area contributed by atoms with Gasteiger partial charge in [0.05, 0.1) is 17.1 Å². The Morgan fingerprint density at radius 3 is 2.65 bits per heavy atom. The number of rotatable bonds is 4. The molecule has 0 bridgehead atoms. The molecule has 0 spiro atoms. The van der Waals surface area contributed by atoms with Crippen LogP contribution in [-0.4, -0.2) is 26.5 Å². The number of thiazole rings is 1. The Morgan fingerprint density at radius 2 is 2.15 bits per heavy atom. The van der Waals surface area contributed by atoms with Gasteiger partial charge in [-0.1, -0.05) is 0 Å². The molecule has 2 heterocycles. The normalized spacial score (nSPS) is 10.6. The fourth-order valence-corrected chi connectivity index (χ4v) is 2.42. The van der Waals surface area contributed by atoms with Crippen LogP contribution < -0.4 is 11.1 Å². The van der Waals surface area contributed by atoms with Crippen molar-refractivity contribution in [1.29, 1.82) is 0 Å². The predicted molar refractivity (Wildman–Crippen MR) is 76.9 cm³/mol. The number of carbonyl (C=O) groups is 2.